The van der Waals surface area contributed by atoms with Gasteiger partial charge in [-0.05, 0) is 30.9 Å². The third kappa shape index (κ3) is 4.30. The average molecular weight is 286 g/mol. The molecular formula is C13H22N2O3S. The minimum absolute atomic E-state index is 0.0787. The summed E-state index contributed by atoms with van der Waals surface area (Å²) in [6.07, 6.45) is 4.72. The molecule has 6 heteroatoms. The molecule has 2 aliphatic rings. The summed E-state index contributed by atoms with van der Waals surface area (Å²) >= 11 is 1.85. The number of aliphatic carboxylic acids is 1. The molecule has 0 aromatic heterocycles. The van der Waals surface area contributed by atoms with Gasteiger partial charge in [-0.25, -0.2) is 4.79 Å². The minimum atomic E-state index is -0.723. The highest BCUT2D eigenvalue weighted by atomic mass is 32.2. The van der Waals surface area contributed by atoms with Gasteiger partial charge in [-0.1, -0.05) is 12.8 Å². The molecule has 2 fully saturated rings. The highest BCUT2D eigenvalue weighted by Crippen LogP contribution is 2.29. The van der Waals surface area contributed by atoms with Crippen LogP contribution in [0.3, 0.4) is 0 Å². The van der Waals surface area contributed by atoms with Crippen molar-refractivity contribution in [3.63, 3.8) is 0 Å². The first-order valence-corrected chi connectivity index (χ1v) is 8.17. The van der Waals surface area contributed by atoms with E-state index in [0.717, 1.165) is 43.6 Å². The molecule has 0 spiro atoms. The van der Waals surface area contributed by atoms with Gasteiger partial charge in [-0.3, -0.25) is 4.79 Å². The number of carboxylic acids is 1. The topological polar surface area (TPSA) is 78.4 Å². The van der Waals surface area contributed by atoms with Crippen LogP contribution in [0.15, 0.2) is 0 Å². The Bertz CT molecular complexity index is 332. The van der Waals surface area contributed by atoms with Gasteiger partial charge in [0.15, 0.2) is 0 Å². The second-order valence-corrected chi connectivity index (χ2v) is 6.55. The van der Waals surface area contributed by atoms with E-state index in [1.807, 2.05) is 11.8 Å². The van der Waals surface area contributed by atoms with Crippen molar-refractivity contribution in [2.45, 2.75) is 38.1 Å². The molecule has 2 rings (SSSR count). The van der Waals surface area contributed by atoms with E-state index < -0.39 is 5.97 Å². The lowest BCUT2D eigenvalue weighted by Crippen LogP contribution is -2.45. The van der Waals surface area contributed by atoms with Crippen LogP contribution in [0.5, 0.6) is 0 Å². The van der Waals surface area contributed by atoms with Crippen LogP contribution in [0.1, 0.15) is 32.1 Å². The molecule has 2 amide bonds. The molecule has 0 bridgehead atoms. The fraction of sp³-hybridized carbons (Fsp3) is 0.846. The Morgan fingerprint density at radius 3 is 2.68 bits per heavy atom. The molecule has 3 atom stereocenters. The van der Waals surface area contributed by atoms with Gasteiger partial charge >= 0.3 is 12.0 Å². The average Bonchev–Trinajstić information content (AvgIpc) is 2.89. The Kier molecular flexibility index (Phi) is 5.36. The molecule has 1 aliphatic heterocycles. The standard InChI is InChI=1S/C13H22N2O3S/c16-12(17)11-4-2-1-3-9(11)7-14-13(18)15-10-5-6-19-8-10/h9-11H,1-8H2,(H,16,17)(H2,14,15,18). The lowest BCUT2D eigenvalue weighted by Gasteiger charge is -2.28. The second-order valence-electron chi connectivity index (χ2n) is 5.40. The molecule has 0 aromatic rings. The molecule has 0 radical (unpaired) electrons. The van der Waals surface area contributed by atoms with Gasteiger partial charge in [0, 0.05) is 18.3 Å². The molecule has 0 aromatic carbocycles. The molecule has 1 saturated carbocycles. The Labute approximate surface area is 117 Å². The van der Waals surface area contributed by atoms with Crippen molar-refractivity contribution >= 4 is 23.8 Å². The summed E-state index contributed by atoms with van der Waals surface area (Å²) in [5.74, 6) is 1.15. The number of carbonyl (C=O) groups is 2. The Balaban J connectivity index is 1.73. The van der Waals surface area contributed by atoms with Crippen molar-refractivity contribution in [1.29, 1.82) is 0 Å². The van der Waals surface area contributed by atoms with Crippen LogP contribution >= 0.6 is 11.8 Å². The molecule has 19 heavy (non-hydrogen) atoms. The number of carbonyl (C=O) groups excluding carboxylic acids is 1. The quantitative estimate of drug-likeness (QED) is 0.735. The second kappa shape index (κ2) is 7.03. The smallest absolute Gasteiger partial charge is 0.315 e. The molecular weight excluding hydrogens is 264 g/mol. The Morgan fingerprint density at radius 1 is 1.21 bits per heavy atom. The molecule has 108 valence electrons. The van der Waals surface area contributed by atoms with Crippen molar-refractivity contribution in [2.24, 2.45) is 11.8 Å². The molecule has 1 aliphatic carbocycles. The highest BCUT2D eigenvalue weighted by molar-refractivity contribution is 7.99. The van der Waals surface area contributed by atoms with Crippen LogP contribution in [-0.2, 0) is 4.79 Å². The van der Waals surface area contributed by atoms with Gasteiger partial charge in [0.2, 0.25) is 0 Å². The number of carboxylic acid groups (broad SMARTS) is 1. The van der Waals surface area contributed by atoms with Crippen LogP contribution < -0.4 is 10.6 Å². The van der Waals surface area contributed by atoms with E-state index in [2.05, 4.69) is 10.6 Å². The summed E-state index contributed by atoms with van der Waals surface area (Å²) in [6.45, 7) is 0.475. The first-order chi connectivity index (χ1) is 9.16. The van der Waals surface area contributed by atoms with Crippen molar-refractivity contribution in [2.75, 3.05) is 18.1 Å². The van der Waals surface area contributed by atoms with Crippen LogP contribution in [-0.4, -0.2) is 41.2 Å². The van der Waals surface area contributed by atoms with E-state index in [1.54, 1.807) is 0 Å². The van der Waals surface area contributed by atoms with Crippen molar-refractivity contribution in [3.05, 3.63) is 0 Å². The predicted molar refractivity (Wildman–Crippen MR) is 75.3 cm³/mol. The number of hydrogen-bond donors (Lipinski definition) is 3. The molecule has 3 N–H and O–H groups in total. The van der Waals surface area contributed by atoms with Gasteiger partial charge in [0.1, 0.15) is 0 Å². The van der Waals surface area contributed by atoms with E-state index in [4.69, 9.17) is 0 Å². The third-order valence-corrected chi connectivity index (χ3v) is 5.18. The van der Waals surface area contributed by atoms with E-state index >= 15 is 0 Å². The van der Waals surface area contributed by atoms with E-state index in [-0.39, 0.29) is 23.9 Å². The summed E-state index contributed by atoms with van der Waals surface area (Å²) in [6, 6.07) is 0.119. The summed E-state index contributed by atoms with van der Waals surface area (Å²) in [4.78, 5) is 22.9. The summed E-state index contributed by atoms with van der Waals surface area (Å²) in [5.41, 5.74) is 0. The van der Waals surface area contributed by atoms with E-state index in [1.165, 1.54) is 0 Å². The zero-order valence-electron chi connectivity index (χ0n) is 11.1. The van der Waals surface area contributed by atoms with Gasteiger partial charge < -0.3 is 15.7 Å². The maximum absolute atomic E-state index is 11.7. The maximum Gasteiger partial charge on any atom is 0.315 e. The lowest BCUT2D eigenvalue weighted by atomic mass is 9.79. The summed E-state index contributed by atoms with van der Waals surface area (Å²) in [7, 11) is 0. The summed E-state index contributed by atoms with van der Waals surface area (Å²) < 4.78 is 0. The number of thioether (sulfide) groups is 1. The first kappa shape index (κ1) is 14.5. The number of urea groups is 1. The van der Waals surface area contributed by atoms with Crippen LogP contribution in [0, 0.1) is 11.8 Å². The fourth-order valence-electron chi connectivity index (χ4n) is 2.89. The van der Waals surface area contributed by atoms with Crippen molar-refractivity contribution < 1.29 is 14.7 Å². The first-order valence-electron chi connectivity index (χ1n) is 7.01. The molecule has 5 nitrogen and oxygen atoms in total. The SMILES string of the molecule is O=C(NCC1CCCCC1C(=O)O)NC1CCSC1. The normalized spacial score (nSPS) is 30.8. The molecule has 1 heterocycles. The largest absolute Gasteiger partial charge is 0.481 e. The van der Waals surface area contributed by atoms with Crippen molar-refractivity contribution in [1.82, 2.24) is 10.6 Å². The van der Waals surface area contributed by atoms with Gasteiger partial charge in [0.05, 0.1) is 5.92 Å². The minimum Gasteiger partial charge on any atom is -0.481 e. The number of nitrogens with one attached hydrogen (secondary N) is 2. The lowest BCUT2D eigenvalue weighted by molar-refractivity contribution is -0.144. The zero-order valence-corrected chi connectivity index (χ0v) is 11.9. The Morgan fingerprint density at radius 2 is 2.00 bits per heavy atom. The maximum atomic E-state index is 11.7. The van der Waals surface area contributed by atoms with Crippen molar-refractivity contribution in [3.8, 4) is 0 Å². The number of rotatable bonds is 4. The highest BCUT2D eigenvalue weighted by Gasteiger charge is 2.31. The van der Waals surface area contributed by atoms with E-state index in [9.17, 15) is 14.7 Å². The van der Waals surface area contributed by atoms with Crippen LogP contribution in [0.4, 0.5) is 4.79 Å². The van der Waals surface area contributed by atoms with Gasteiger partial charge in [-0.15, -0.1) is 0 Å². The van der Waals surface area contributed by atoms with Gasteiger partial charge in [0.25, 0.3) is 0 Å². The zero-order chi connectivity index (χ0) is 13.7. The molecule has 3 unspecified atom stereocenters. The third-order valence-electron chi connectivity index (χ3n) is 4.02. The predicted octanol–water partition coefficient (Wildman–Crippen LogP) is 1.68. The van der Waals surface area contributed by atoms with E-state index in [0.29, 0.717) is 6.54 Å². The monoisotopic (exact) mass is 286 g/mol. The Hall–Kier alpha value is -0.910. The molecule has 1 saturated heterocycles. The van der Waals surface area contributed by atoms with Gasteiger partial charge in [-0.2, -0.15) is 11.8 Å². The van der Waals surface area contributed by atoms with Crippen LogP contribution in [0.25, 0.3) is 0 Å². The van der Waals surface area contributed by atoms with Crippen LogP contribution in [0.2, 0.25) is 0 Å². The number of hydrogen-bond acceptors (Lipinski definition) is 3. The number of amides is 2. The fourth-order valence-corrected chi connectivity index (χ4v) is 4.04. The summed E-state index contributed by atoms with van der Waals surface area (Å²) in [5, 5.41) is 15.0.